The van der Waals surface area contributed by atoms with Crippen LogP contribution in [-0.2, 0) is 11.3 Å². The Morgan fingerprint density at radius 1 is 1.38 bits per heavy atom. The molecule has 0 spiro atoms. The first-order valence-electron chi connectivity index (χ1n) is 7.38. The number of carboxylic acid groups (broad SMARTS) is 1. The number of carbonyl (C=O) groups is 2. The van der Waals surface area contributed by atoms with Crippen molar-refractivity contribution in [3.63, 3.8) is 0 Å². The standard InChI is InChI=1S/C16H19BrN4O3/c1-11(15(22)23)9-20(2)16(24)19-14-7-8-18-21(14)10-12-5-3-4-6-13(12)17/h3-8,11H,9-10H2,1-2H3,(H,19,24)(H,22,23). The van der Waals surface area contributed by atoms with E-state index in [4.69, 9.17) is 5.11 Å². The number of hydrogen-bond acceptors (Lipinski definition) is 3. The second-order valence-corrected chi connectivity index (χ2v) is 6.37. The number of benzene rings is 1. The SMILES string of the molecule is CC(CN(C)C(=O)Nc1ccnn1Cc1ccccc1Br)C(=O)O. The summed E-state index contributed by atoms with van der Waals surface area (Å²) in [7, 11) is 1.56. The predicted octanol–water partition coefficient (Wildman–Crippen LogP) is 2.88. The monoisotopic (exact) mass is 394 g/mol. The molecule has 0 saturated heterocycles. The van der Waals surface area contributed by atoms with Gasteiger partial charge in [0.25, 0.3) is 0 Å². The molecule has 0 aliphatic rings. The fourth-order valence-electron chi connectivity index (χ4n) is 2.13. The van der Waals surface area contributed by atoms with Crippen molar-refractivity contribution in [2.75, 3.05) is 18.9 Å². The van der Waals surface area contributed by atoms with Crippen LogP contribution in [0.2, 0.25) is 0 Å². The van der Waals surface area contributed by atoms with E-state index < -0.39 is 11.9 Å². The van der Waals surface area contributed by atoms with Gasteiger partial charge in [0.1, 0.15) is 5.82 Å². The summed E-state index contributed by atoms with van der Waals surface area (Å²) in [6.45, 7) is 2.18. The molecule has 2 aromatic rings. The summed E-state index contributed by atoms with van der Waals surface area (Å²) < 4.78 is 2.64. The Balaban J connectivity index is 2.04. The van der Waals surface area contributed by atoms with Crippen LogP contribution in [0.25, 0.3) is 0 Å². The van der Waals surface area contributed by atoms with Gasteiger partial charge in [-0.2, -0.15) is 5.10 Å². The molecule has 2 rings (SSSR count). The molecule has 8 heteroatoms. The van der Waals surface area contributed by atoms with E-state index in [1.165, 1.54) is 4.90 Å². The fourth-order valence-corrected chi connectivity index (χ4v) is 2.54. The largest absolute Gasteiger partial charge is 0.481 e. The highest BCUT2D eigenvalue weighted by Crippen LogP contribution is 2.19. The molecule has 24 heavy (non-hydrogen) atoms. The van der Waals surface area contributed by atoms with Crippen LogP contribution in [0.15, 0.2) is 41.0 Å². The van der Waals surface area contributed by atoms with Crippen LogP contribution in [0.3, 0.4) is 0 Å². The number of aromatic nitrogens is 2. The Hall–Kier alpha value is -2.35. The zero-order valence-corrected chi connectivity index (χ0v) is 15.0. The lowest BCUT2D eigenvalue weighted by molar-refractivity contribution is -0.141. The van der Waals surface area contributed by atoms with E-state index in [1.54, 1.807) is 30.9 Å². The van der Waals surface area contributed by atoms with Crippen molar-refractivity contribution in [1.29, 1.82) is 0 Å². The minimum absolute atomic E-state index is 0.125. The summed E-state index contributed by atoms with van der Waals surface area (Å²) in [6, 6.07) is 9.09. The van der Waals surface area contributed by atoms with Gasteiger partial charge in [-0.1, -0.05) is 41.1 Å². The van der Waals surface area contributed by atoms with E-state index in [1.807, 2.05) is 24.3 Å². The Kier molecular flexibility index (Phi) is 5.97. The minimum atomic E-state index is -0.936. The molecule has 0 fully saturated rings. The Morgan fingerprint density at radius 3 is 2.75 bits per heavy atom. The van der Waals surface area contributed by atoms with E-state index in [9.17, 15) is 9.59 Å². The summed E-state index contributed by atoms with van der Waals surface area (Å²) >= 11 is 3.49. The molecule has 0 bridgehead atoms. The predicted molar refractivity (Wildman–Crippen MR) is 93.9 cm³/mol. The molecular formula is C16H19BrN4O3. The smallest absolute Gasteiger partial charge is 0.322 e. The second kappa shape index (κ2) is 7.96. The average Bonchev–Trinajstić information content (AvgIpc) is 2.96. The highest BCUT2D eigenvalue weighted by molar-refractivity contribution is 9.10. The summed E-state index contributed by atoms with van der Waals surface area (Å²) in [5.41, 5.74) is 1.03. The maximum absolute atomic E-state index is 12.2. The maximum atomic E-state index is 12.2. The van der Waals surface area contributed by atoms with Gasteiger partial charge in [-0.05, 0) is 11.6 Å². The van der Waals surface area contributed by atoms with Crippen LogP contribution in [0.5, 0.6) is 0 Å². The topological polar surface area (TPSA) is 87.5 Å². The summed E-state index contributed by atoms with van der Waals surface area (Å²) in [5.74, 6) is -1.02. The first kappa shape index (κ1) is 18.0. The van der Waals surface area contributed by atoms with Gasteiger partial charge in [0.2, 0.25) is 0 Å². The van der Waals surface area contributed by atoms with E-state index in [0.29, 0.717) is 12.4 Å². The van der Waals surface area contributed by atoms with Crippen molar-refractivity contribution in [2.45, 2.75) is 13.5 Å². The van der Waals surface area contributed by atoms with Crippen molar-refractivity contribution in [1.82, 2.24) is 14.7 Å². The number of rotatable bonds is 6. The van der Waals surface area contributed by atoms with Gasteiger partial charge >= 0.3 is 12.0 Å². The summed E-state index contributed by atoms with van der Waals surface area (Å²) in [5, 5.41) is 15.9. The molecule has 0 aliphatic carbocycles. The van der Waals surface area contributed by atoms with Crippen LogP contribution in [0.1, 0.15) is 12.5 Å². The zero-order valence-electron chi connectivity index (χ0n) is 13.4. The average molecular weight is 395 g/mol. The van der Waals surface area contributed by atoms with Crippen LogP contribution in [-0.4, -0.2) is 45.4 Å². The van der Waals surface area contributed by atoms with Crippen molar-refractivity contribution in [2.24, 2.45) is 5.92 Å². The molecule has 1 heterocycles. The number of hydrogen-bond donors (Lipinski definition) is 2. The Bertz CT molecular complexity index is 732. The number of halogens is 1. The Labute approximate surface area is 148 Å². The molecule has 0 saturated carbocycles. The van der Waals surface area contributed by atoms with Crippen molar-refractivity contribution in [3.05, 3.63) is 46.6 Å². The molecule has 2 N–H and O–H groups in total. The number of urea groups is 1. The molecular weight excluding hydrogens is 376 g/mol. The molecule has 0 aliphatic heterocycles. The number of carbonyl (C=O) groups excluding carboxylic acids is 1. The summed E-state index contributed by atoms with van der Waals surface area (Å²) in [6.07, 6.45) is 1.60. The first-order valence-corrected chi connectivity index (χ1v) is 8.18. The van der Waals surface area contributed by atoms with E-state index in [-0.39, 0.29) is 12.6 Å². The van der Waals surface area contributed by atoms with Crippen molar-refractivity contribution >= 4 is 33.7 Å². The zero-order chi connectivity index (χ0) is 17.7. The molecule has 1 aromatic heterocycles. The van der Waals surface area contributed by atoms with Crippen LogP contribution >= 0.6 is 15.9 Å². The lowest BCUT2D eigenvalue weighted by atomic mass is 10.2. The van der Waals surface area contributed by atoms with Gasteiger partial charge in [-0.3, -0.25) is 10.1 Å². The van der Waals surface area contributed by atoms with Crippen LogP contribution in [0, 0.1) is 5.92 Å². The maximum Gasteiger partial charge on any atom is 0.322 e. The highest BCUT2D eigenvalue weighted by atomic mass is 79.9. The number of aliphatic carboxylic acids is 1. The van der Waals surface area contributed by atoms with Gasteiger partial charge in [0.15, 0.2) is 0 Å². The number of anilines is 1. The quantitative estimate of drug-likeness (QED) is 0.788. The third kappa shape index (κ3) is 4.58. The number of nitrogens with one attached hydrogen (secondary N) is 1. The molecule has 0 radical (unpaired) electrons. The number of amides is 2. The normalized spacial score (nSPS) is 11.8. The lowest BCUT2D eigenvalue weighted by Gasteiger charge is -2.20. The third-order valence-electron chi connectivity index (χ3n) is 3.55. The van der Waals surface area contributed by atoms with Crippen molar-refractivity contribution in [3.8, 4) is 0 Å². The van der Waals surface area contributed by atoms with Gasteiger partial charge in [-0.25, -0.2) is 9.48 Å². The second-order valence-electron chi connectivity index (χ2n) is 5.52. The Morgan fingerprint density at radius 2 is 2.08 bits per heavy atom. The molecule has 2 amide bonds. The van der Waals surface area contributed by atoms with E-state index >= 15 is 0 Å². The van der Waals surface area contributed by atoms with Crippen molar-refractivity contribution < 1.29 is 14.7 Å². The van der Waals surface area contributed by atoms with E-state index in [0.717, 1.165) is 10.0 Å². The first-order chi connectivity index (χ1) is 11.4. The van der Waals surface area contributed by atoms with Gasteiger partial charge in [0, 0.05) is 24.1 Å². The number of carboxylic acids is 1. The number of nitrogens with zero attached hydrogens (tertiary/aromatic N) is 3. The molecule has 1 aromatic carbocycles. The van der Waals surface area contributed by atoms with Crippen LogP contribution in [0.4, 0.5) is 10.6 Å². The van der Waals surface area contributed by atoms with Gasteiger partial charge < -0.3 is 10.0 Å². The molecule has 1 atom stereocenters. The minimum Gasteiger partial charge on any atom is -0.481 e. The van der Waals surface area contributed by atoms with Crippen LogP contribution < -0.4 is 5.32 Å². The fraction of sp³-hybridized carbons (Fsp3) is 0.312. The molecule has 128 valence electrons. The van der Waals surface area contributed by atoms with E-state index in [2.05, 4.69) is 26.3 Å². The third-order valence-corrected chi connectivity index (χ3v) is 4.32. The lowest BCUT2D eigenvalue weighted by Crippen LogP contribution is -2.37. The highest BCUT2D eigenvalue weighted by Gasteiger charge is 2.18. The summed E-state index contributed by atoms with van der Waals surface area (Å²) in [4.78, 5) is 24.4. The van der Waals surface area contributed by atoms with Gasteiger partial charge in [-0.15, -0.1) is 0 Å². The van der Waals surface area contributed by atoms with Gasteiger partial charge in [0.05, 0.1) is 18.7 Å². The molecule has 7 nitrogen and oxygen atoms in total. The molecule has 1 unspecified atom stereocenters.